The maximum absolute atomic E-state index is 13.4. The first-order valence-electron chi connectivity index (χ1n) is 7.48. The molecule has 1 spiro atoms. The predicted molar refractivity (Wildman–Crippen MR) is 77.8 cm³/mol. The molecule has 2 aliphatic rings. The van der Waals surface area contributed by atoms with E-state index in [1.54, 1.807) is 6.07 Å². The van der Waals surface area contributed by atoms with Gasteiger partial charge in [0.05, 0.1) is 0 Å². The molecule has 1 saturated carbocycles. The molecule has 2 fully saturated rings. The van der Waals surface area contributed by atoms with Crippen molar-refractivity contribution >= 4 is 11.4 Å². The lowest BCUT2D eigenvalue weighted by molar-refractivity contribution is 0.144. The van der Waals surface area contributed by atoms with E-state index in [-0.39, 0.29) is 5.82 Å². The molecule has 2 nitrogen and oxygen atoms in total. The Kier molecular flexibility index (Phi) is 3.38. The van der Waals surface area contributed by atoms with Gasteiger partial charge >= 0.3 is 0 Å². The topological polar surface area (TPSA) is 29.3 Å². The van der Waals surface area contributed by atoms with Crippen molar-refractivity contribution < 1.29 is 4.39 Å². The molecule has 1 aromatic carbocycles. The average Bonchev–Trinajstić information content (AvgIpc) is 2.39. The number of nitrogen functional groups attached to an aromatic ring is 1. The molecule has 0 bridgehead atoms. The van der Waals surface area contributed by atoms with Crippen LogP contribution in [0.4, 0.5) is 15.8 Å². The second kappa shape index (κ2) is 5.03. The summed E-state index contributed by atoms with van der Waals surface area (Å²) >= 11 is 0. The molecule has 1 heterocycles. The maximum Gasteiger partial charge on any atom is 0.127 e. The van der Waals surface area contributed by atoms with Gasteiger partial charge in [0, 0.05) is 24.5 Å². The van der Waals surface area contributed by atoms with Crippen molar-refractivity contribution in [3.8, 4) is 0 Å². The monoisotopic (exact) mass is 262 g/mol. The van der Waals surface area contributed by atoms with Crippen molar-refractivity contribution in [2.75, 3.05) is 23.7 Å². The summed E-state index contributed by atoms with van der Waals surface area (Å²) in [7, 11) is 0. The van der Waals surface area contributed by atoms with Gasteiger partial charge in [-0.05, 0) is 49.3 Å². The zero-order chi connectivity index (χ0) is 13.3. The number of anilines is 2. The summed E-state index contributed by atoms with van der Waals surface area (Å²) in [6.07, 6.45) is 9.50. The van der Waals surface area contributed by atoms with Crippen molar-refractivity contribution in [1.82, 2.24) is 0 Å². The molecule has 1 aliphatic heterocycles. The second-order valence-electron chi connectivity index (χ2n) is 6.29. The van der Waals surface area contributed by atoms with Gasteiger partial charge in [-0.25, -0.2) is 4.39 Å². The fourth-order valence-corrected chi connectivity index (χ4v) is 3.82. The summed E-state index contributed by atoms with van der Waals surface area (Å²) < 4.78 is 13.4. The molecule has 0 aromatic heterocycles. The molecule has 0 amide bonds. The number of halogens is 1. The number of hydrogen-bond donors (Lipinski definition) is 1. The highest BCUT2D eigenvalue weighted by Crippen LogP contribution is 2.45. The van der Waals surface area contributed by atoms with E-state index in [0.29, 0.717) is 11.1 Å². The molecule has 3 heteroatoms. The normalized spacial score (nSPS) is 22.7. The maximum atomic E-state index is 13.4. The van der Waals surface area contributed by atoms with Crippen molar-refractivity contribution in [2.45, 2.75) is 44.9 Å². The lowest BCUT2D eigenvalue weighted by Gasteiger charge is -2.45. The van der Waals surface area contributed by atoms with Crippen LogP contribution in [0, 0.1) is 11.2 Å². The van der Waals surface area contributed by atoms with Gasteiger partial charge in [-0.1, -0.05) is 19.3 Å². The largest absolute Gasteiger partial charge is 0.399 e. The Labute approximate surface area is 114 Å². The lowest BCUT2D eigenvalue weighted by atomic mass is 9.68. The van der Waals surface area contributed by atoms with Gasteiger partial charge in [-0.15, -0.1) is 0 Å². The molecule has 0 unspecified atom stereocenters. The van der Waals surface area contributed by atoms with E-state index < -0.39 is 0 Å². The van der Waals surface area contributed by atoms with Gasteiger partial charge in [-0.2, -0.15) is 0 Å². The highest BCUT2D eigenvalue weighted by molar-refractivity contribution is 5.56. The Bertz CT molecular complexity index is 422. The van der Waals surface area contributed by atoms with Crippen molar-refractivity contribution in [2.24, 2.45) is 5.41 Å². The van der Waals surface area contributed by atoms with Gasteiger partial charge in [0.15, 0.2) is 0 Å². The van der Waals surface area contributed by atoms with E-state index >= 15 is 0 Å². The Balaban J connectivity index is 1.69. The summed E-state index contributed by atoms with van der Waals surface area (Å²) in [6, 6.07) is 4.88. The second-order valence-corrected chi connectivity index (χ2v) is 6.29. The van der Waals surface area contributed by atoms with Crippen molar-refractivity contribution in [1.29, 1.82) is 0 Å². The molecule has 3 rings (SSSR count). The lowest BCUT2D eigenvalue weighted by Crippen LogP contribution is -2.41. The minimum atomic E-state index is -0.229. The molecule has 1 aromatic rings. The first-order chi connectivity index (χ1) is 9.17. The van der Waals surface area contributed by atoms with E-state index in [9.17, 15) is 4.39 Å². The van der Waals surface area contributed by atoms with E-state index in [1.165, 1.54) is 51.0 Å². The van der Waals surface area contributed by atoms with Gasteiger partial charge in [0.25, 0.3) is 0 Å². The van der Waals surface area contributed by atoms with Crippen LogP contribution in [0.15, 0.2) is 18.2 Å². The predicted octanol–water partition coefficient (Wildman–Crippen LogP) is 3.96. The zero-order valence-electron chi connectivity index (χ0n) is 11.5. The molecule has 104 valence electrons. The summed E-state index contributed by atoms with van der Waals surface area (Å²) in [4.78, 5) is 2.29. The Morgan fingerprint density at radius 3 is 2.26 bits per heavy atom. The fourth-order valence-electron chi connectivity index (χ4n) is 3.82. The Morgan fingerprint density at radius 1 is 0.947 bits per heavy atom. The van der Waals surface area contributed by atoms with Gasteiger partial charge in [-0.3, -0.25) is 0 Å². The number of nitrogens with two attached hydrogens (primary N) is 1. The Morgan fingerprint density at radius 2 is 1.63 bits per heavy atom. The molecule has 19 heavy (non-hydrogen) atoms. The quantitative estimate of drug-likeness (QED) is 0.776. The summed E-state index contributed by atoms with van der Waals surface area (Å²) in [5.41, 5.74) is 7.80. The van der Waals surface area contributed by atoms with Crippen LogP contribution in [0.25, 0.3) is 0 Å². The highest BCUT2D eigenvalue weighted by atomic mass is 19.1. The third-order valence-corrected chi connectivity index (χ3v) is 5.01. The van der Waals surface area contributed by atoms with Crippen LogP contribution in [0.1, 0.15) is 44.9 Å². The third-order valence-electron chi connectivity index (χ3n) is 5.01. The minimum absolute atomic E-state index is 0.229. The van der Waals surface area contributed by atoms with Crippen LogP contribution in [-0.2, 0) is 0 Å². The molecular weight excluding hydrogens is 239 g/mol. The smallest absolute Gasteiger partial charge is 0.127 e. The fraction of sp³-hybridized carbons (Fsp3) is 0.625. The standard InChI is InChI=1S/C16H23FN2/c17-13-10-14(18)12-15(11-13)19-8-6-16(7-9-19)4-2-1-3-5-16/h10-12H,1-9,18H2. The van der Waals surface area contributed by atoms with E-state index in [2.05, 4.69) is 4.90 Å². The number of piperidine rings is 1. The van der Waals surface area contributed by atoms with Crippen molar-refractivity contribution in [3.05, 3.63) is 24.0 Å². The molecule has 0 radical (unpaired) electrons. The van der Waals surface area contributed by atoms with Gasteiger partial charge < -0.3 is 10.6 Å². The van der Waals surface area contributed by atoms with Crippen LogP contribution in [0.2, 0.25) is 0 Å². The zero-order valence-corrected chi connectivity index (χ0v) is 11.5. The van der Waals surface area contributed by atoms with E-state index in [1.807, 2.05) is 6.07 Å². The number of hydrogen-bond acceptors (Lipinski definition) is 2. The SMILES string of the molecule is Nc1cc(F)cc(N2CCC3(CCCCC3)CC2)c1. The van der Waals surface area contributed by atoms with Crippen LogP contribution in [0.5, 0.6) is 0 Å². The van der Waals surface area contributed by atoms with E-state index in [0.717, 1.165) is 18.8 Å². The van der Waals surface area contributed by atoms with Crippen LogP contribution >= 0.6 is 0 Å². The van der Waals surface area contributed by atoms with Crippen LogP contribution in [0.3, 0.4) is 0 Å². The number of benzene rings is 1. The number of rotatable bonds is 1. The van der Waals surface area contributed by atoms with Gasteiger partial charge in [0.2, 0.25) is 0 Å². The first-order valence-corrected chi connectivity index (χ1v) is 7.48. The van der Waals surface area contributed by atoms with Crippen molar-refractivity contribution in [3.63, 3.8) is 0 Å². The number of nitrogens with zero attached hydrogens (tertiary/aromatic N) is 1. The highest BCUT2D eigenvalue weighted by Gasteiger charge is 2.35. The molecule has 1 aliphatic carbocycles. The third kappa shape index (κ3) is 2.70. The molecular formula is C16H23FN2. The van der Waals surface area contributed by atoms with E-state index in [4.69, 9.17) is 5.73 Å². The summed E-state index contributed by atoms with van der Waals surface area (Å²) in [6.45, 7) is 2.09. The van der Waals surface area contributed by atoms with Crippen LogP contribution < -0.4 is 10.6 Å². The van der Waals surface area contributed by atoms with Crippen LogP contribution in [-0.4, -0.2) is 13.1 Å². The minimum Gasteiger partial charge on any atom is -0.399 e. The van der Waals surface area contributed by atoms with Gasteiger partial charge in [0.1, 0.15) is 5.82 Å². The molecule has 1 saturated heterocycles. The molecule has 2 N–H and O–H groups in total. The molecule has 0 atom stereocenters. The first kappa shape index (κ1) is 12.8. The Hall–Kier alpha value is -1.25. The summed E-state index contributed by atoms with van der Waals surface area (Å²) in [5, 5.41) is 0. The summed E-state index contributed by atoms with van der Waals surface area (Å²) in [5.74, 6) is -0.229. The average molecular weight is 262 g/mol.